The van der Waals surface area contributed by atoms with E-state index in [9.17, 15) is 9.59 Å². The van der Waals surface area contributed by atoms with Gasteiger partial charge in [-0.3, -0.25) is 10.1 Å². The van der Waals surface area contributed by atoms with E-state index in [1.165, 1.54) is 18.9 Å². The highest BCUT2D eigenvalue weighted by Crippen LogP contribution is 2.31. The largest absolute Gasteiger partial charge is 0.496 e. The topological polar surface area (TPSA) is 95.3 Å². The Labute approximate surface area is 143 Å². The number of hydrogen-bond donors (Lipinski definition) is 1. The smallest absolute Gasteiger partial charge is 0.413 e. The van der Waals surface area contributed by atoms with Gasteiger partial charge >= 0.3 is 6.09 Å². The van der Waals surface area contributed by atoms with Crippen molar-refractivity contribution in [3.63, 3.8) is 0 Å². The summed E-state index contributed by atoms with van der Waals surface area (Å²) in [6, 6.07) is 7.47. The molecule has 8 nitrogen and oxygen atoms in total. The molecule has 2 aromatic rings. The fraction of sp³-hybridized carbons (Fsp3) is 0.333. The van der Waals surface area contributed by atoms with Crippen LogP contribution in [-0.2, 0) is 16.6 Å². The minimum absolute atomic E-state index is 0.464. The third-order valence-corrected chi connectivity index (χ3v) is 4.38. The average molecular weight is 350 g/mol. The van der Waals surface area contributed by atoms with Gasteiger partial charge < -0.3 is 14.0 Å². The molecule has 9 heteroatoms. The Morgan fingerprint density at radius 3 is 2.62 bits per heavy atom. The molecule has 24 heavy (non-hydrogen) atoms. The molecule has 0 fully saturated rings. The van der Waals surface area contributed by atoms with E-state index in [0.717, 1.165) is 5.56 Å². The van der Waals surface area contributed by atoms with Crippen LogP contribution in [0.5, 0.6) is 5.75 Å². The van der Waals surface area contributed by atoms with Crippen molar-refractivity contribution < 1.29 is 19.1 Å². The van der Waals surface area contributed by atoms with Gasteiger partial charge in [-0.2, -0.15) is 0 Å². The van der Waals surface area contributed by atoms with Crippen LogP contribution in [0.2, 0.25) is 0 Å². The zero-order chi connectivity index (χ0) is 17.7. The number of methoxy groups -OCH3 is 2. The SMILES string of the molecule is COC(=O)NC(=O)[C@H](C)Sc1nnc(-c2ccccc2OC)n1C. The summed E-state index contributed by atoms with van der Waals surface area (Å²) in [5.74, 6) is 0.838. The number of carbonyl (C=O) groups is 2. The summed E-state index contributed by atoms with van der Waals surface area (Å²) in [6.07, 6.45) is -0.792. The molecule has 1 heterocycles. The summed E-state index contributed by atoms with van der Waals surface area (Å²) in [5, 5.41) is 10.4. The van der Waals surface area contributed by atoms with Gasteiger partial charge in [-0.05, 0) is 19.1 Å². The van der Waals surface area contributed by atoms with E-state index in [1.807, 2.05) is 24.3 Å². The Morgan fingerprint density at radius 1 is 1.25 bits per heavy atom. The van der Waals surface area contributed by atoms with E-state index in [-0.39, 0.29) is 0 Å². The van der Waals surface area contributed by atoms with Crippen molar-refractivity contribution in [1.82, 2.24) is 20.1 Å². The summed E-state index contributed by atoms with van der Waals surface area (Å²) >= 11 is 1.19. The van der Waals surface area contributed by atoms with Gasteiger partial charge in [-0.15, -0.1) is 10.2 Å². The molecule has 0 bridgehead atoms. The Morgan fingerprint density at radius 2 is 1.96 bits per heavy atom. The van der Waals surface area contributed by atoms with Crippen LogP contribution in [0.4, 0.5) is 4.79 Å². The first kappa shape index (κ1) is 17.8. The fourth-order valence-electron chi connectivity index (χ4n) is 1.95. The zero-order valence-corrected chi connectivity index (χ0v) is 14.6. The van der Waals surface area contributed by atoms with Crippen molar-refractivity contribution in [2.45, 2.75) is 17.3 Å². The lowest BCUT2D eigenvalue weighted by atomic mass is 10.2. The monoisotopic (exact) mass is 350 g/mol. The van der Waals surface area contributed by atoms with Crippen LogP contribution in [0.25, 0.3) is 11.4 Å². The van der Waals surface area contributed by atoms with Crippen LogP contribution < -0.4 is 10.1 Å². The molecule has 1 N–H and O–H groups in total. The molecule has 2 amide bonds. The minimum Gasteiger partial charge on any atom is -0.496 e. The number of para-hydroxylation sites is 1. The van der Waals surface area contributed by atoms with Crippen LogP contribution in [0.1, 0.15) is 6.92 Å². The third-order valence-electron chi connectivity index (χ3n) is 3.24. The molecule has 128 valence electrons. The van der Waals surface area contributed by atoms with Crippen LogP contribution in [0, 0.1) is 0 Å². The number of nitrogens with zero attached hydrogens (tertiary/aromatic N) is 3. The lowest BCUT2D eigenvalue weighted by molar-refractivity contribution is -0.119. The lowest BCUT2D eigenvalue weighted by Crippen LogP contribution is -2.35. The molecule has 1 aromatic heterocycles. The maximum Gasteiger partial charge on any atom is 0.413 e. The van der Waals surface area contributed by atoms with Gasteiger partial charge in [-0.1, -0.05) is 23.9 Å². The minimum atomic E-state index is -0.792. The normalized spacial score (nSPS) is 11.7. The van der Waals surface area contributed by atoms with E-state index >= 15 is 0 Å². The van der Waals surface area contributed by atoms with Gasteiger partial charge in [-0.25, -0.2) is 4.79 Å². The second kappa shape index (κ2) is 7.82. The van der Waals surface area contributed by atoms with Crippen LogP contribution in [0.3, 0.4) is 0 Å². The summed E-state index contributed by atoms with van der Waals surface area (Å²) in [4.78, 5) is 23.0. The van der Waals surface area contributed by atoms with E-state index in [2.05, 4.69) is 20.3 Å². The first-order chi connectivity index (χ1) is 11.5. The Hall–Kier alpha value is -2.55. The Balaban J connectivity index is 2.18. The van der Waals surface area contributed by atoms with Gasteiger partial charge in [0.15, 0.2) is 11.0 Å². The highest BCUT2D eigenvalue weighted by atomic mass is 32.2. The van der Waals surface area contributed by atoms with Crippen LogP contribution in [0.15, 0.2) is 29.4 Å². The number of rotatable bonds is 5. The van der Waals surface area contributed by atoms with Crippen molar-refractivity contribution in [1.29, 1.82) is 0 Å². The zero-order valence-electron chi connectivity index (χ0n) is 13.8. The number of amides is 2. The van der Waals surface area contributed by atoms with Crippen molar-refractivity contribution in [2.24, 2.45) is 7.05 Å². The summed E-state index contributed by atoms with van der Waals surface area (Å²) in [7, 11) is 4.59. The predicted molar refractivity (Wildman–Crippen MR) is 88.9 cm³/mol. The van der Waals surface area contributed by atoms with Crippen molar-refractivity contribution in [2.75, 3.05) is 14.2 Å². The van der Waals surface area contributed by atoms with E-state index in [4.69, 9.17) is 4.74 Å². The molecule has 2 rings (SSSR count). The highest BCUT2D eigenvalue weighted by Gasteiger charge is 2.21. The molecule has 0 saturated heterocycles. The second-order valence-corrected chi connectivity index (χ2v) is 6.11. The standard InChI is InChI=1S/C15H18N4O4S/c1-9(13(20)16-15(21)23-4)24-14-18-17-12(19(14)2)10-7-5-6-8-11(10)22-3/h5-9H,1-4H3,(H,16,20,21)/t9-/m0/s1. The van der Waals surface area contributed by atoms with E-state index < -0.39 is 17.3 Å². The number of carbonyl (C=O) groups excluding carboxylic acids is 2. The first-order valence-electron chi connectivity index (χ1n) is 7.06. The first-order valence-corrected chi connectivity index (χ1v) is 7.94. The quantitative estimate of drug-likeness (QED) is 0.822. The number of ether oxygens (including phenoxy) is 2. The van der Waals surface area contributed by atoms with Gasteiger partial charge in [0.1, 0.15) is 5.75 Å². The summed E-state index contributed by atoms with van der Waals surface area (Å²) in [5.41, 5.74) is 0.800. The number of alkyl carbamates (subject to hydrolysis) is 1. The Bertz CT molecular complexity index is 747. The maximum absolute atomic E-state index is 11.9. The number of benzene rings is 1. The third kappa shape index (κ3) is 3.85. The Kier molecular flexibility index (Phi) is 5.80. The lowest BCUT2D eigenvalue weighted by Gasteiger charge is -2.11. The molecule has 1 atom stereocenters. The molecular weight excluding hydrogens is 332 g/mol. The maximum atomic E-state index is 11.9. The highest BCUT2D eigenvalue weighted by molar-refractivity contribution is 8.00. The molecule has 1 aromatic carbocycles. The molecular formula is C15H18N4O4S. The summed E-state index contributed by atoms with van der Waals surface area (Å²) < 4.78 is 11.5. The molecule has 0 aliphatic carbocycles. The van der Waals surface area contributed by atoms with Crippen LogP contribution in [-0.4, -0.2) is 46.2 Å². The molecule has 0 spiro atoms. The van der Waals surface area contributed by atoms with Gasteiger partial charge in [0.25, 0.3) is 0 Å². The second-order valence-electron chi connectivity index (χ2n) is 4.81. The van der Waals surface area contributed by atoms with Crippen LogP contribution >= 0.6 is 11.8 Å². The van der Waals surface area contributed by atoms with Gasteiger partial charge in [0, 0.05) is 7.05 Å². The molecule has 0 radical (unpaired) electrons. The average Bonchev–Trinajstić information content (AvgIpc) is 2.95. The van der Waals surface area contributed by atoms with Gasteiger partial charge in [0.2, 0.25) is 5.91 Å². The van der Waals surface area contributed by atoms with Crippen molar-refractivity contribution in [3.05, 3.63) is 24.3 Å². The summed E-state index contributed by atoms with van der Waals surface area (Å²) in [6.45, 7) is 1.67. The number of hydrogen-bond acceptors (Lipinski definition) is 7. The molecule has 0 aliphatic rings. The number of aromatic nitrogens is 3. The fourth-order valence-corrected chi connectivity index (χ4v) is 2.76. The molecule has 0 aliphatic heterocycles. The van der Waals surface area contributed by atoms with Gasteiger partial charge in [0.05, 0.1) is 25.0 Å². The number of thioether (sulfide) groups is 1. The predicted octanol–water partition coefficient (Wildman–Crippen LogP) is 1.85. The molecule has 0 unspecified atom stereocenters. The molecule has 0 saturated carbocycles. The number of imide groups is 1. The van der Waals surface area contributed by atoms with E-state index in [1.54, 1.807) is 25.6 Å². The van der Waals surface area contributed by atoms with Crippen molar-refractivity contribution in [3.8, 4) is 17.1 Å². The number of nitrogens with one attached hydrogen (secondary N) is 1. The van der Waals surface area contributed by atoms with Crippen molar-refractivity contribution >= 4 is 23.8 Å². The van der Waals surface area contributed by atoms with E-state index in [0.29, 0.717) is 16.7 Å².